The molecule has 1 aromatic heterocycles. The number of ketones is 1. The first-order valence-corrected chi connectivity index (χ1v) is 7.60. The Hall–Kier alpha value is -1.40. The third-order valence-corrected chi connectivity index (χ3v) is 4.59. The molecule has 100 valence electrons. The molecule has 2 rings (SSSR count). The van der Waals surface area contributed by atoms with Crippen molar-refractivity contribution in [2.24, 2.45) is 0 Å². The molecule has 0 amide bonds. The largest absolute Gasteiger partial charge is 0.374 e. The minimum Gasteiger partial charge on any atom is -0.374 e. The van der Waals surface area contributed by atoms with Gasteiger partial charge in [-0.05, 0) is 31.9 Å². The zero-order valence-electron chi connectivity index (χ0n) is 11.1. The summed E-state index contributed by atoms with van der Waals surface area (Å²) in [5.74, 6) is 0.480. The summed E-state index contributed by atoms with van der Waals surface area (Å²) in [4.78, 5) is 12.3. The predicted molar refractivity (Wildman–Crippen MR) is 80.0 cm³/mol. The molecular weight excluding hydrogens is 278 g/mol. The van der Waals surface area contributed by atoms with Gasteiger partial charge in [-0.25, -0.2) is 0 Å². The lowest BCUT2D eigenvalue weighted by atomic mass is 9.97. The van der Waals surface area contributed by atoms with E-state index in [1.165, 1.54) is 28.7 Å². The number of hydrogen-bond donors (Lipinski definition) is 1. The Morgan fingerprint density at radius 1 is 1.26 bits per heavy atom. The molecule has 0 spiro atoms. The number of anilines is 1. The lowest BCUT2D eigenvalue weighted by molar-refractivity contribution is 0.102. The normalized spacial score (nSPS) is 10.7. The van der Waals surface area contributed by atoms with Crippen LogP contribution >= 0.6 is 23.1 Å². The van der Waals surface area contributed by atoms with Gasteiger partial charge < -0.3 is 5.73 Å². The topological polar surface area (TPSA) is 68.9 Å². The lowest BCUT2D eigenvalue weighted by Gasteiger charge is -2.09. The second-order valence-corrected chi connectivity index (χ2v) is 6.62. The first kappa shape index (κ1) is 14.0. The van der Waals surface area contributed by atoms with Crippen LogP contribution in [0.4, 0.5) is 5.13 Å². The number of thioether (sulfide) groups is 1. The summed E-state index contributed by atoms with van der Waals surface area (Å²) >= 11 is 2.68. The Labute approximate surface area is 120 Å². The summed E-state index contributed by atoms with van der Waals surface area (Å²) in [5.41, 5.74) is 9.56. The zero-order valence-corrected chi connectivity index (χ0v) is 12.7. The van der Waals surface area contributed by atoms with Crippen LogP contribution < -0.4 is 5.73 Å². The number of aromatic nitrogens is 2. The zero-order chi connectivity index (χ0) is 14.0. The number of nitrogens with zero attached hydrogens (tertiary/aromatic N) is 2. The van der Waals surface area contributed by atoms with Crippen molar-refractivity contribution in [1.82, 2.24) is 10.2 Å². The van der Waals surface area contributed by atoms with Crippen LogP contribution in [0.25, 0.3) is 0 Å². The monoisotopic (exact) mass is 293 g/mol. The molecular formula is C13H15N3OS2. The van der Waals surface area contributed by atoms with Crippen LogP contribution in [-0.4, -0.2) is 21.7 Å². The second-order valence-electron chi connectivity index (χ2n) is 4.39. The molecule has 4 nitrogen and oxygen atoms in total. The summed E-state index contributed by atoms with van der Waals surface area (Å²) in [6, 6.07) is 4.07. The Morgan fingerprint density at radius 3 is 2.42 bits per heavy atom. The number of benzene rings is 1. The highest BCUT2D eigenvalue weighted by atomic mass is 32.2. The summed E-state index contributed by atoms with van der Waals surface area (Å²) in [6.45, 7) is 5.98. The molecule has 0 radical (unpaired) electrons. The molecule has 0 atom stereocenters. The van der Waals surface area contributed by atoms with Gasteiger partial charge in [-0.15, -0.1) is 10.2 Å². The number of carbonyl (C=O) groups excluding carboxylic acids is 1. The van der Waals surface area contributed by atoms with Crippen molar-refractivity contribution in [2.45, 2.75) is 25.1 Å². The number of carbonyl (C=O) groups is 1. The van der Waals surface area contributed by atoms with Gasteiger partial charge in [0.1, 0.15) is 0 Å². The Kier molecular flexibility index (Phi) is 4.21. The van der Waals surface area contributed by atoms with Crippen LogP contribution in [0.1, 0.15) is 27.0 Å². The smallest absolute Gasteiger partial charge is 0.203 e. The summed E-state index contributed by atoms with van der Waals surface area (Å²) < 4.78 is 0.730. The van der Waals surface area contributed by atoms with Crippen molar-refractivity contribution in [3.63, 3.8) is 0 Å². The van der Waals surface area contributed by atoms with Crippen LogP contribution in [0.2, 0.25) is 0 Å². The molecule has 6 heteroatoms. The molecule has 2 N–H and O–H groups in total. The van der Waals surface area contributed by atoms with Crippen molar-refractivity contribution in [3.8, 4) is 0 Å². The van der Waals surface area contributed by atoms with Crippen molar-refractivity contribution >= 4 is 34.0 Å². The van der Waals surface area contributed by atoms with Crippen LogP contribution in [0.15, 0.2) is 16.5 Å². The molecule has 2 aromatic rings. The van der Waals surface area contributed by atoms with Crippen LogP contribution in [0.3, 0.4) is 0 Å². The van der Waals surface area contributed by atoms with Gasteiger partial charge in [0.15, 0.2) is 10.1 Å². The third-order valence-electron chi connectivity index (χ3n) is 2.70. The van der Waals surface area contributed by atoms with Gasteiger partial charge >= 0.3 is 0 Å². The van der Waals surface area contributed by atoms with Crippen molar-refractivity contribution in [1.29, 1.82) is 0 Å². The molecule has 19 heavy (non-hydrogen) atoms. The van der Waals surface area contributed by atoms with E-state index < -0.39 is 0 Å². The maximum atomic E-state index is 12.3. The quantitative estimate of drug-likeness (QED) is 0.693. The highest BCUT2D eigenvalue weighted by Gasteiger charge is 2.14. The fourth-order valence-corrected chi connectivity index (χ4v) is 3.61. The molecule has 0 aliphatic rings. The van der Waals surface area contributed by atoms with E-state index in [9.17, 15) is 4.79 Å². The first-order chi connectivity index (χ1) is 8.97. The number of aryl methyl sites for hydroxylation is 3. The van der Waals surface area contributed by atoms with Gasteiger partial charge in [0.25, 0.3) is 0 Å². The van der Waals surface area contributed by atoms with Gasteiger partial charge in [0.2, 0.25) is 5.13 Å². The highest BCUT2D eigenvalue weighted by Crippen LogP contribution is 2.25. The lowest BCUT2D eigenvalue weighted by Crippen LogP contribution is -2.07. The molecule has 0 unspecified atom stereocenters. The maximum absolute atomic E-state index is 12.3. The highest BCUT2D eigenvalue weighted by molar-refractivity contribution is 8.01. The molecule has 0 saturated carbocycles. The maximum Gasteiger partial charge on any atom is 0.203 e. The fourth-order valence-electron chi connectivity index (χ4n) is 2.10. The average molecular weight is 293 g/mol. The molecule has 0 aliphatic heterocycles. The van der Waals surface area contributed by atoms with Gasteiger partial charge in [-0.1, -0.05) is 40.8 Å². The van der Waals surface area contributed by atoms with E-state index >= 15 is 0 Å². The number of nitrogens with two attached hydrogens (primary N) is 1. The first-order valence-electron chi connectivity index (χ1n) is 5.80. The summed E-state index contributed by atoms with van der Waals surface area (Å²) in [5, 5.41) is 8.05. The summed E-state index contributed by atoms with van der Waals surface area (Å²) in [6.07, 6.45) is 0. The minimum absolute atomic E-state index is 0.119. The number of hydrogen-bond acceptors (Lipinski definition) is 6. The Morgan fingerprint density at radius 2 is 1.89 bits per heavy atom. The SMILES string of the molecule is Cc1cc(C)c(C(=O)CSc2nnc(N)s2)c(C)c1. The van der Waals surface area contributed by atoms with Crippen molar-refractivity contribution in [3.05, 3.63) is 34.4 Å². The van der Waals surface area contributed by atoms with E-state index in [0.29, 0.717) is 10.9 Å². The predicted octanol–water partition coefficient (Wildman–Crippen LogP) is 3.02. The van der Waals surface area contributed by atoms with Crippen LogP contribution in [0, 0.1) is 20.8 Å². The molecule has 0 bridgehead atoms. The van der Waals surface area contributed by atoms with Gasteiger partial charge in [-0.3, -0.25) is 4.79 Å². The number of nitrogen functional groups attached to an aromatic ring is 1. The van der Waals surface area contributed by atoms with Gasteiger partial charge in [0, 0.05) is 5.56 Å². The average Bonchev–Trinajstić information content (AvgIpc) is 2.71. The number of rotatable bonds is 4. The standard InChI is InChI=1S/C13H15N3OS2/c1-7-4-8(2)11(9(3)5-7)10(17)6-18-13-16-15-12(14)19-13/h4-5H,6H2,1-3H3,(H2,14,15). The van der Waals surface area contributed by atoms with E-state index in [1.807, 2.05) is 32.9 Å². The van der Waals surface area contributed by atoms with E-state index in [2.05, 4.69) is 10.2 Å². The van der Waals surface area contributed by atoms with Gasteiger partial charge in [-0.2, -0.15) is 0 Å². The Bertz CT molecular complexity index is 599. The molecule has 0 saturated heterocycles. The van der Waals surface area contributed by atoms with Crippen LogP contribution in [-0.2, 0) is 0 Å². The second kappa shape index (κ2) is 5.71. The molecule has 1 aromatic carbocycles. The summed E-state index contributed by atoms with van der Waals surface area (Å²) in [7, 11) is 0. The fraction of sp³-hybridized carbons (Fsp3) is 0.308. The molecule has 1 heterocycles. The van der Waals surface area contributed by atoms with E-state index in [4.69, 9.17) is 5.73 Å². The Balaban J connectivity index is 2.12. The third kappa shape index (κ3) is 3.33. The molecule has 0 fully saturated rings. The van der Waals surface area contributed by atoms with Gasteiger partial charge in [0.05, 0.1) is 5.75 Å². The number of Topliss-reactive ketones (excluding diaryl/α,β-unsaturated/α-hetero) is 1. The minimum atomic E-state index is 0.119. The van der Waals surface area contributed by atoms with E-state index in [1.54, 1.807) is 0 Å². The molecule has 0 aliphatic carbocycles. The van der Waals surface area contributed by atoms with Crippen LogP contribution in [0.5, 0.6) is 0 Å². The van der Waals surface area contributed by atoms with E-state index in [0.717, 1.165) is 21.0 Å². The van der Waals surface area contributed by atoms with Crippen molar-refractivity contribution < 1.29 is 4.79 Å². The van der Waals surface area contributed by atoms with E-state index in [-0.39, 0.29) is 5.78 Å². The van der Waals surface area contributed by atoms with Crippen molar-refractivity contribution in [2.75, 3.05) is 11.5 Å².